The van der Waals surface area contributed by atoms with E-state index >= 15 is 0 Å². The first-order valence-electron chi connectivity index (χ1n) is 7.09. The van der Waals surface area contributed by atoms with Crippen molar-refractivity contribution in [2.45, 2.75) is 26.4 Å². The minimum absolute atomic E-state index is 0.0393. The Morgan fingerprint density at radius 3 is 2.78 bits per heavy atom. The van der Waals surface area contributed by atoms with Crippen LogP contribution >= 0.6 is 11.3 Å². The SMILES string of the molecule is CCCNC(=O)[C@@H](C)OC(=O)c1cc2cc([N+](=O)[O-])ccc2s1. The molecule has 0 saturated carbocycles. The van der Waals surface area contributed by atoms with Crippen LogP contribution in [0.3, 0.4) is 0 Å². The predicted octanol–water partition coefficient (Wildman–Crippen LogP) is 2.88. The maximum atomic E-state index is 12.1. The van der Waals surface area contributed by atoms with Crippen molar-refractivity contribution >= 4 is 39.0 Å². The van der Waals surface area contributed by atoms with Crippen LogP contribution in [-0.2, 0) is 9.53 Å². The molecule has 0 bridgehead atoms. The van der Waals surface area contributed by atoms with E-state index in [2.05, 4.69) is 5.32 Å². The molecular weight excluding hydrogens is 320 g/mol. The van der Waals surface area contributed by atoms with Gasteiger partial charge in [0.25, 0.3) is 11.6 Å². The molecule has 7 nitrogen and oxygen atoms in total. The number of non-ortho nitro benzene ring substituents is 1. The first-order valence-corrected chi connectivity index (χ1v) is 7.90. The van der Waals surface area contributed by atoms with Crippen molar-refractivity contribution < 1.29 is 19.2 Å². The van der Waals surface area contributed by atoms with Crippen LogP contribution in [0.5, 0.6) is 0 Å². The van der Waals surface area contributed by atoms with Crippen LogP contribution in [0.15, 0.2) is 24.3 Å². The maximum absolute atomic E-state index is 12.1. The molecule has 0 aliphatic rings. The van der Waals surface area contributed by atoms with Crippen LogP contribution in [0.4, 0.5) is 5.69 Å². The summed E-state index contributed by atoms with van der Waals surface area (Å²) in [6.07, 6.45) is -0.102. The molecule has 0 fully saturated rings. The quantitative estimate of drug-likeness (QED) is 0.497. The first-order chi connectivity index (χ1) is 10.9. The number of nitro groups is 1. The van der Waals surface area contributed by atoms with E-state index < -0.39 is 17.0 Å². The molecule has 0 spiro atoms. The van der Waals surface area contributed by atoms with Crippen LogP contribution < -0.4 is 5.32 Å². The predicted molar refractivity (Wildman–Crippen MR) is 86.7 cm³/mol. The van der Waals surface area contributed by atoms with Crippen molar-refractivity contribution in [3.8, 4) is 0 Å². The lowest BCUT2D eigenvalue weighted by Crippen LogP contribution is -2.36. The van der Waals surface area contributed by atoms with Crippen LogP contribution in [0.1, 0.15) is 29.9 Å². The molecule has 8 heteroatoms. The number of hydrogen-bond donors (Lipinski definition) is 1. The zero-order valence-electron chi connectivity index (χ0n) is 12.7. The van der Waals surface area contributed by atoms with Crippen LogP contribution in [-0.4, -0.2) is 29.4 Å². The summed E-state index contributed by atoms with van der Waals surface area (Å²) >= 11 is 1.17. The van der Waals surface area contributed by atoms with Gasteiger partial charge in [0.2, 0.25) is 0 Å². The molecule has 0 saturated heterocycles. The number of rotatable bonds is 6. The van der Waals surface area contributed by atoms with Crippen molar-refractivity contribution in [2.75, 3.05) is 6.54 Å². The average molecular weight is 336 g/mol. The molecular formula is C15H16N2O5S. The molecule has 0 radical (unpaired) electrons. The molecule has 1 amide bonds. The van der Waals surface area contributed by atoms with Gasteiger partial charge in [-0.2, -0.15) is 0 Å². The van der Waals surface area contributed by atoms with E-state index in [4.69, 9.17) is 4.74 Å². The van der Waals surface area contributed by atoms with E-state index in [0.717, 1.165) is 11.1 Å². The highest BCUT2D eigenvalue weighted by atomic mass is 32.1. The molecule has 2 aromatic rings. The molecule has 1 N–H and O–H groups in total. The number of nitrogens with one attached hydrogen (secondary N) is 1. The third-order valence-corrected chi connectivity index (χ3v) is 4.21. The van der Waals surface area contributed by atoms with Gasteiger partial charge in [-0.05, 0) is 25.5 Å². The Kier molecular flexibility index (Phi) is 5.28. The van der Waals surface area contributed by atoms with Gasteiger partial charge in [-0.25, -0.2) is 4.79 Å². The van der Waals surface area contributed by atoms with Gasteiger partial charge in [-0.1, -0.05) is 6.92 Å². The molecule has 1 aromatic heterocycles. The summed E-state index contributed by atoms with van der Waals surface area (Å²) < 4.78 is 5.87. The Morgan fingerprint density at radius 2 is 2.13 bits per heavy atom. The van der Waals surface area contributed by atoms with Gasteiger partial charge in [-0.3, -0.25) is 14.9 Å². The zero-order valence-corrected chi connectivity index (χ0v) is 13.5. The third kappa shape index (κ3) is 4.04. The minimum atomic E-state index is -0.895. The molecule has 0 aliphatic heterocycles. The molecule has 1 aromatic carbocycles. The zero-order chi connectivity index (χ0) is 17.0. The highest BCUT2D eigenvalue weighted by Gasteiger charge is 2.20. The number of carbonyl (C=O) groups is 2. The second-order valence-electron chi connectivity index (χ2n) is 4.93. The fourth-order valence-electron chi connectivity index (χ4n) is 1.91. The summed E-state index contributed by atoms with van der Waals surface area (Å²) in [5.41, 5.74) is -0.0393. The van der Waals surface area contributed by atoms with Crippen molar-refractivity contribution in [3.05, 3.63) is 39.3 Å². The Labute approximate surface area is 136 Å². The van der Waals surface area contributed by atoms with Crippen LogP contribution in [0, 0.1) is 10.1 Å². The highest BCUT2D eigenvalue weighted by Crippen LogP contribution is 2.29. The Bertz CT molecular complexity index is 755. The van der Waals surface area contributed by atoms with Gasteiger partial charge in [-0.15, -0.1) is 11.3 Å². The van der Waals surface area contributed by atoms with Gasteiger partial charge in [0.1, 0.15) is 4.88 Å². The standard InChI is InChI=1S/C15H16N2O5S/c1-3-6-16-14(18)9(2)22-15(19)13-8-10-7-11(17(20)21)4-5-12(10)23-13/h4-5,7-9H,3,6H2,1-2H3,(H,16,18)/t9-/m1/s1. The summed E-state index contributed by atoms with van der Waals surface area (Å²) in [7, 11) is 0. The maximum Gasteiger partial charge on any atom is 0.349 e. The van der Waals surface area contributed by atoms with Gasteiger partial charge >= 0.3 is 5.97 Å². The largest absolute Gasteiger partial charge is 0.448 e. The third-order valence-electron chi connectivity index (χ3n) is 3.11. The highest BCUT2D eigenvalue weighted by molar-refractivity contribution is 7.20. The Morgan fingerprint density at radius 1 is 1.39 bits per heavy atom. The number of fused-ring (bicyclic) bond motifs is 1. The topological polar surface area (TPSA) is 98.5 Å². The molecule has 0 aliphatic carbocycles. The normalized spacial score (nSPS) is 11.9. The lowest BCUT2D eigenvalue weighted by Gasteiger charge is -2.12. The summed E-state index contributed by atoms with van der Waals surface area (Å²) in [4.78, 5) is 34.4. The van der Waals surface area contributed by atoms with Gasteiger partial charge in [0, 0.05) is 28.8 Å². The summed E-state index contributed by atoms with van der Waals surface area (Å²) in [6.45, 7) is 3.95. The average Bonchev–Trinajstić information content (AvgIpc) is 2.95. The summed E-state index contributed by atoms with van der Waals surface area (Å²) in [5.74, 6) is -0.968. The second-order valence-corrected chi connectivity index (χ2v) is 6.01. The minimum Gasteiger partial charge on any atom is -0.448 e. The lowest BCUT2D eigenvalue weighted by molar-refractivity contribution is -0.384. The van der Waals surface area contributed by atoms with E-state index in [1.807, 2.05) is 6.92 Å². The number of benzene rings is 1. The number of amides is 1. The second kappa shape index (κ2) is 7.19. The fourth-order valence-corrected chi connectivity index (χ4v) is 2.84. The molecule has 0 unspecified atom stereocenters. The Balaban J connectivity index is 2.11. The van der Waals surface area contributed by atoms with Crippen LogP contribution in [0.2, 0.25) is 0 Å². The molecule has 1 heterocycles. The number of esters is 1. The van der Waals surface area contributed by atoms with Gasteiger partial charge in [0.15, 0.2) is 6.10 Å². The van der Waals surface area contributed by atoms with E-state index in [1.54, 1.807) is 6.07 Å². The summed E-state index contributed by atoms with van der Waals surface area (Å²) in [5, 5.41) is 14.0. The number of carbonyl (C=O) groups excluding carboxylic acids is 2. The van der Waals surface area contributed by atoms with Gasteiger partial charge in [0.05, 0.1) is 4.92 Å². The monoisotopic (exact) mass is 336 g/mol. The van der Waals surface area contributed by atoms with Crippen molar-refractivity contribution in [1.29, 1.82) is 0 Å². The van der Waals surface area contributed by atoms with Crippen molar-refractivity contribution in [2.24, 2.45) is 0 Å². The number of thiophene rings is 1. The number of nitrogens with zero attached hydrogens (tertiary/aromatic N) is 1. The van der Waals surface area contributed by atoms with Crippen molar-refractivity contribution in [3.63, 3.8) is 0 Å². The fraction of sp³-hybridized carbons (Fsp3) is 0.333. The summed E-state index contributed by atoms with van der Waals surface area (Å²) in [6, 6.07) is 5.91. The van der Waals surface area contributed by atoms with E-state index in [1.165, 1.54) is 36.5 Å². The lowest BCUT2D eigenvalue weighted by atomic mass is 10.2. The van der Waals surface area contributed by atoms with Gasteiger partial charge < -0.3 is 10.1 Å². The van der Waals surface area contributed by atoms with Crippen molar-refractivity contribution in [1.82, 2.24) is 5.32 Å². The molecule has 1 atom stereocenters. The van der Waals surface area contributed by atoms with E-state index in [0.29, 0.717) is 16.8 Å². The molecule has 23 heavy (non-hydrogen) atoms. The smallest absolute Gasteiger partial charge is 0.349 e. The number of ether oxygens (including phenoxy) is 1. The van der Waals surface area contributed by atoms with E-state index in [9.17, 15) is 19.7 Å². The van der Waals surface area contributed by atoms with E-state index in [-0.39, 0.29) is 11.6 Å². The Hall–Kier alpha value is -2.48. The molecule has 2 rings (SSSR count). The molecule has 122 valence electrons. The first kappa shape index (κ1) is 16.9. The number of nitro benzene ring substituents is 1. The van der Waals surface area contributed by atoms with Crippen LogP contribution in [0.25, 0.3) is 10.1 Å². The number of hydrogen-bond acceptors (Lipinski definition) is 6.